The number of urea groups is 1. The number of nitrogens with one attached hydrogen (secondary N) is 2. The molecule has 0 fully saturated rings. The predicted molar refractivity (Wildman–Crippen MR) is 76.7 cm³/mol. The van der Waals surface area contributed by atoms with Gasteiger partial charge in [-0.3, -0.25) is 0 Å². The highest BCUT2D eigenvalue weighted by molar-refractivity contribution is 5.95. The summed E-state index contributed by atoms with van der Waals surface area (Å²) in [5, 5.41) is 5.33. The van der Waals surface area contributed by atoms with Crippen molar-refractivity contribution >= 4 is 12.0 Å². The van der Waals surface area contributed by atoms with E-state index in [0.717, 1.165) is 5.56 Å². The lowest BCUT2D eigenvalue weighted by Crippen LogP contribution is -2.45. The fourth-order valence-electron chi connectivity index (χ4n) is 2.24. The van der Waals surface area contributed by atoms with Crippen molar-refractivity contribution in [1.29, 1.82) is 0 Å². The molecule has 0 saturated carbocycles. The van der Waals surface area contributed by atoms with Crippen LogP contribution in [0.4, 0.5) is 4.79 Å². The van der Waals surface area contributed by atoms with Gasteiger partial charge in [-0.2, -0.15) is 0 Å². The van der Waals surface area contributed by atoms with Gasteiger partial charge in [-0.05, 0) is 31.5 Å². The number of amides is 2. The lowest BCUT2D eigenvalue weighted by Gasteiger charge is -2.28. The monoisotopic (exact) mass is 290 g/mol. The Balaban J connectivity index is 2.44. The molecule has 112 valence electrons. The summed E-state index contributed by atoms with van der Waals surface area (Å²) < 4.78 is 10.3. The van der Waals surface area contributed by atoms with Crippen LogP contribution >= 0.6 is 0 Å². The fraction of sp³-hybridized carbons (Fsp3) is 0.333. The van der Waals surface area contributed by atoms with E-state index in [1.54, 1.807) is 39.2 Å². The van der Waals surface area contributed by atoms with Crippen molar-refractivity contribution in [1.82, 2.24) is 10.6 Å². The number of esters is 1. The van der Waals surface area contributed by atoms with E-state index >= 15 is 0 Å². The first kappa shape index (κ1) is 14.9. The molecule has 1 aliphatic heterocycles. The van der Waals surface area contributed by atoms with E-state index in [0.29, 0.717) is 17.0 Å². The third-order valence-corrected chi connectivity index (χ3v) is 3.19. The van der Waals surface area contributed by atoms with Crippen LogP contribution in [0.5, 0.6) is 5.75 Å². The Morgan fingerprint density at radius 3 is 2.81 bits per heavy atom. The summed E-state index contributed by atoms with van der Waals surface area (Å²) in [7, 11) is 1.56. The van der Waals surface area contributed by atoms with E-state index in [-0.39, 0.29) is 12.6 Å². The van der Waals surface area contributed by atoms with Gasteiger partial charge in [-0.15, -0.1) is 0 Å². The number of carbonyl (C=O) groups excluding carboxylic acids is 2. The third kappa shape index (κ3) is 3.16. The molecule has 0 unspecified atom stereocenters. The summed E-state index contributed by atoms with van der Waals surface area (Å²) in [6.07, 6.45) is 0. The zero-order chi connectivity index (χ0) is 15.4. The van der Waals surface area contributed by atoms with Crippen LogP contribution in [0.1, 0.15) is 25.5 Å². The maximum absolute atomic E-state index is 12.2. The van der Waals surface area contributed by atoms with Gasteiger partial charge in [-0.25, -0.2) is 9.59 Å². The number of rotatable bonds is 4. The lowest BCUT2D eigenvalue weighted by atomic mass is 9.95. The first-order chi connectivity index (χ1) is 10.1. The standard InChI is InChI=1S/C15H18N2O4/c1-4-21-14(18)12-9(2)16-15(19)17-13(12)10-6-5-7-11(8-10)20-3/h5-8,13H,4H2,1-3H3,(H2,16,17,19)/t13-/m0/s1. The fourth-order valence-corrected chi connectivity index (χ4v) is 2.24. The van der Waals surface area contributed by atoms with E-state index in [4.69, 9.17) is 9.47 Å². The Morgan fingerprint density at radius 1 is 1.38 bits per heavy atom. The minimum absolute atomic E-state index is 0.272. The summed E-state index contributed by atoms with van der Waals surface area (Å²) in [4.78, 5) is 23.8. The minimum atomic E-state index is -0.562. The second kappa shape index (κ2) is 6.30. The van der Waals surface area contributed by atoms with Gasteiger partial charge < -0.3 is 20.1 Å². The predicted octanol–water partition coefficient (Wildman–Crippen LogP) is 1.89. The quantitative estimate of drug-likeness (QED) is 0.830. The van der Waals surface area contributed by atoms with Crippen LogP contribution in [0.2, 0.25) is 0 Å². The van der Waals surface area contributed by atoms with Crippen molar-refractivity contribution < 1.29 is 19.1 Å². The zero-order valence-corrected chi connectivity index (χ0v) is 12.2. The maximum Gasteiger partial charge on any atom is 0.338 e. The van der Waals surface area contributed by atoms with Gasteiger partial charge in [0.15, 0.2) is 0 Å². The number of hydrogen-bond acceptors (Lipinski definition) is 4. The molecule has 1 aromatic carbocycles. The number of benzene rings is 1. The van der Waals surface area contributed by atoms with Gasteiger partial charge in [0, 0.05) is 5.70 Å². The number of hydrogen-bond donors (Lipinski definition) is 2. The van der Waals surface area contributed by atoms with Crippen molar-refractivity contribution in [3.8, 4) is 5.75 Å². The summed E-state index contributed by atoms with van der Waals surface area (Å²) in [6.45, 7) is 3.69. The molecule has 1 heterocycles. The molecule has 2 N–H and O–H groups in total. The van der Waals surface area contributed by atoms with E-state index in [2.05, 4.69) is 10.6 Å². The van der Waals surface area contributed by atoms with Gasteiger partial charge in [0.1, 0.15) is 5.75 Å². The Hall–Kier alpha value is -2.50. The third-order valence-electron chi connectivity index (χ3n) is 3.19. The van der Waals surface area contributed by atoms with Crippen LogP contribution in [0.15, 0.2) is 35.5 Å². The van der Waals surface area contributed by atoms with Crippen LogP contribution < -0.4 is 15.4 Å². The summed E-state index contributed by atoms with van der Waals surface area (Å²) >= 11 is 0. The van der Waals surface area contributed by atoms with Gasteiger partial charge >= 0.3 is 12.0 Å². The van der Waals surface area contributed by atoms with Crippen LogP contribution in [-0.4, -0.2) is 25.7 Å². The van der Waals surface area contributed by atoms with E-state index < -0.39 is 12.0 Å². The van der Waals surface area contributed by atoms with Crippen molar-refractivity contribution in [3.05, 3.63) is 41.1 Å². The smallest absolute Gasteiger partial charge is 0.338 e. The Labute approximate surface area is 123 Å². The molecule has 0 aliphatic carbocycles. The molecule has 2 rings (SSSR count). The molecule has 0 aromatic heterocycles. The summed E-state index contributed by atoms with van der Waals surface area (Å²) in [6, 6.07) is 6.29. The van der Waals surface area contributed by atoms with Gasteiger partial charge in [0.05, 0.1) is 25.3 Å². The highest BCUT2D eigenvalue weighted by Gasteiger charge is 2.32. The Kier molecular flexibility index (Phi) is 4.47. The van der Waals surface area contributed by atoms with E-state index in [1.165, 1.54) is 0 Å². The summed E-state index contributed by atoms with van der Waals surface area (Å²) in [5.74, 6) is 0.205. The molecular formula is C15H18N2O4. The first-order valence-corrected chi connectivity index (χ1v) is 6.66. The maximum atomic E-state index is 12.2. The Bertz CT molecular complexity index is 595. The minimum Gasteiger partial charge on any atom is -0.497 e. The average molecular weight is 290 g/mol. The van der Waals surface area contributed by atoms with Crippen LogP contribution in [0.25, 0.3) is 0 Å². The lowest BCUT2D eigenvalue weighted by molar-refractivity contribution is -0.139. The topological polar surface area (TPSA) is 76.7 Å². The molecular weight excluding hydrogens is 272 g/mol. The molecule has 0 saturated heterocycles. The molecule has 1 aromatic rings. The largest absolute Gasteiger partial charge is 0.497 e. The highest BCUT2D eigenvalue weighted by atomic mass is 16.5. The normalized spacial score (nSPS) is 17.9. The SMILES string of the molecule is CCOC(=O)C1=C(C)NC(=O)N[C@H]1c1cccc(OC)c1. The summed E-state index contributed by atoms with van der Waals surface area (Å²) in [5.41, 5.74) is 1.64. The molecule has 1 aliphatic rings. The molecule has 0 spiro atoms. The second-order valence-electron chi connectivity index (χ2n) is 4.57. The molecule has 6 heteroatoms. The number of methoxy groups -OCH3 is 1. The average Bonchev–Trinajstić information content (AvgIpc) is 2.46. The number of allylic oxidation sites excluding steroid dienone is 1. The Morgan fingerprint density at radius 2 is 2.14 bits per heavy atom. The van der Waals surface area contributed by atoms with Crippen molar-refractivity contribution in [2.75, 3.05) is 13.7 Å². The van der Waals surface area contributed by atoms with Crippen LogP contribution in [-0.2, 0) is 9.53 Å². The second-order valence-corrected chi connectivity index (χ2v) is 4.57. The van der Waals surface area contributed by atoms with Gasteiger partial charge in [0.2, 0.25) is 0 Å². The van der Waals surface area contributed by atoms with E-state index in [1.807, 2.05) is 6.07 Å². The van der Waals surface area contributed by atoms with Gasteiger partial charge in [-0.1, -0.05) is 12.1 Å². The van der Waals surface area contributed by atoms with Crippen molar-refractivity contribution in [2.45, 2.75) is 19.9 Å². The van der Waals surface area contributed by atoms with Gasteiger partial charge in [0.25, 0.3) is 0 Å². The number of carbonyl (C=O) groups is 2. The van der Waals surface area contributed by atoms with Crippen LogP contribution in [0, 0.1) is 0 Å². The molecule has 21 heavy (non-hydrogen) atoms. The van der Waals surface area contributed by atoms with Crippen molar-refractivity contribution in [3.63, 3.8) is 0 Å². The number of ether oxygens (including phenoxy) is 2. The van der Waals surface area contributed by atoms with Crippen LogP contribution in [0.3, 0.4) is 0 Å². The molecule has 0 radical (unpaired) electrons. The molecule has 6 nitrogen and oxygen atoms in total. The molecule has 1 atom stereocenters. The molecule has 2 amide bonds. The first-order valence-electron chi connectivity index (χ1n) is 6.66. The molecule has 0 bridgehead atoms. The zero-order valence-electron chi connectivity index (χ0n) is 12.2. The van der Waals surface area contributed by atoms with E-state index in [9.17, 15) is 9.59 Å². The highest BCUT2D eigenvalue weighted by Crippen LogP contribution is 2.29. The van der Waals surface area contributed by atoms with Crippen molar-refractivity contribution in [2.24, 2.45) is 0 Å².